The molecule has 0 saturated heterocycles. The van der Waals surface area contributed by atoms with Gasteiger partial charge in [-0.1, -0.05) is 43.7 Å². The summed E-state index contributed by atoms with van der Waals surface area (Å²) in [5.74, 6) is 1.52. The van der Waals surface area contributed by atoms with Crippen LogP contribution in [0.15, 0.2) is 59.0 Å². The number of ether oxygens (including phenoxy) is 2. The van der Waals surface area contributed by atoms with E-state index in [2.05, 4.69) is 34.6 Å². The first-order chi connectivity index (χ1) is 13.2. The van der Waals surface area contributed by atoms with Crippen molar-refractivity contribution in [1.29, 1.82) is 0 Å². The second-order valence-corrected chi connectivity index (χ2v) is 6.75. The van der Waals surface area contributed by atoms with Crippen LogP contribution in [0, 0.1) is 0 Å². The number of hydrazone groups is 1. The van der Waals surface area contributed by atoms with E-state index in [9.17, 15) is 0 Å². The van der Waals surface area contributed by atoms with Gasteiger partial charge in [-0.3, -0.25) is 5.43 Å². The molecule has 6 heteroatoms. The Hall–Kier alpha value is -2.86. The molecule has 0 bridgehead atoms. The van der Waals surface area contributed by atoms with Gasteiger partial charge in [-0.05, 0) is 30.2 Å². The molecule has 0 saturated carbocycles. The normalized spacial score (nSPS) is 11.3. The van der Waals surface area contributed by atoms with Crippen molar-refractivity contribution in [2.45, 2.75) is 19.8 Å². The Morgan fingerprint density at radius 1 is 1.11 bits per heavy atom. The molecule has 0 unspecified atom stereocenters. The van der Waals surface area contributed by atoms with E-state index in [1.165, 1.54) is 11.3 Å². The SMILES string of the molecule is CCC/C(=N/Nc1nc(-c2cc(OC)ccc2OC)cs1)c1ccccc1. The highest BCUT2D eigenvalue weighted by Crippen LogP contribution is 2.35. The number of thiazole rings is 1. The molecule has 0 spiro atoms. The van der Waals surface area contributed by atoms with Crippen LogP contribution in [0.25, 0.3) is 11.3 Å². The molecule has 0 atom stereocenters. The van der Waals surface area contributed by atoms with Crippen molar-refractivity contribution in [2.24, 2.45) is 5.10 Å². The lowest BCUT2D eigenvalue weighted by Gasteiger charge is -2.08. The summed E-state index contributed by atoms with van der Waals surface area (Å²) >= 11 is 1.51. The molecule has 1 aromatic heterocycles. The van der Waals surface area contributed by atoms with E-state index in [0.717, 1.165) is 52.0 Å². The smallest absolute Gasteiger partial charge is 0.203 e. The van der Waals surface area contributed by atoms with Gasteiger partial charge in [-0.2, -0.15) is 5.10 Å². The van der Waals surface area contributed by atoms with Crippen LogP contribution in [-0.4, -0.2) is 24.9 Å². The summed E-state index contributed by atoms with van der Waals surface area (Å²) in [5.41, 5.74) is 6.97. The van der Waals surface area contributed by atoms with Gasteiger partial charge in [0.1, 0.15) is 11.5 Å². The lowest BCUT2D eigenvalue weighted by molar-refractivity contribution is 0.404. The lowest BCUT2D eigenvalue weighted by atomic mass is 10.1. The number of aromatic nitrogens is 1. The highest BCUT2D eigenvalue weighted by Gasteiger charge is 2.12. The summed E-state index contributed by atoms with van der Waals surface area (Å²) in [6.07, 6.45) is 1.93. The number of nitrogens with zero attached hydrogens (tertiary/aromatic N) is 2. The Morgan fingerprint density at radius 2 is 1.93 bits per heavy atom. The molecule has 0 aliphatic heterocycles. The van der Waals surface area contributed by atoms with E-state index in [1.54, 1.807) is 14.2 Å². The summed E-state index contributed by atoms with van der Waals surface area (Å²) in [6, 6.07) is 15.9. The van der Waals surface area contributed by atoms with E-state index < -0.39 is 0 Å². The predicted octanol–water partition coefficient (Wildman–Crippen LogP) is 5.44. The predicted molar refractivity (Wildman–Crippen MR) is 112 cm³/mol. The van der Waals surface area contributed by atoms with Gasteiger partial charge in [-0.15, -0.1) is 11.3 Å². The topological polar surface area (TPSA) is 55.7 Å². The number of hydrogen-bond acceptors (Lipinski definition) is 6. The number of anilines is 1. The van der Waals surface area contributed by atoms with Crippen molar-refractivity contribution in [1.82, 2.24) is 4.98 Å². The highest BCUT2D eigenvalue weighted by molar-refractivity contribution is 7.14. The highest BCUT2D eigenvalue weighted by atomic mass is 32.1. The standard InChI is InChI=1S/C21H23N3O2S/c1-4-8-18(15-9-6-5-7-10-15)23-24-21-22-19(14-27-21)17-13-16(25-2)11-12-20(17)26-3/h5-7,9-14H,4,8H2,1-3H3,(H,22,24)/b23-18-. The molecular formula is C21H23N3O2S. The van der Waals surface area contributed by atoms with Crippen LogP contribution in [0.1, 0.15) is 25.3 Å². The van der Waals surface area contributed by atoms with E-state index in [1.807, 2.05) is 41.8 Å². The molecule has 3 aromatic rings. The molecule has 0 fully saturated rings. The fourth-order valence-electron chi connectivity index (χ4n) is 2.71. The second-order valence-electron chi connectivity index (χ2n) is 5.89. The maximum atomic E-state index is 5.46. The third kappa shape index (κ3) is 4.65. The Morgan fingerprint density at radius 3 is 2.63 bits per heavy atom. The van der Waals surface area contributed by atoms with Crippen molar-refractivity contribution >= 4 is 22.2 Å². The Balaban J connectivity index is 1.84. The zero-order chi connectivity index (χ0) is 19.1. The van der Waals surface area contributed by atoms with Crippen LogP contribution < -0.4 is 14.9 Å². The monoisotopic (exact) mass is 381 g/mol. The molecule has 27 heavy (non-hydrogen) atoms. The lowest BCUT2D eigenvalue weighted by Crippen LogP contribution is -2.04. The van der Waals surface area contributed by atoms with Gasteiger partial charge in [0.15, 0.2) is 0 Å². The average molecular weight is 382 g/mol. The Kier molecular flexibility index (Phi) is 6.44. The first-order valence-electron chi connectivity index (χ1n) is 8.81. The van der Waals surface area contributed by atoms with Crippen molar-refractivity contribution in [3.63, 3.8) is 0 Å². The molecule has 0 amide bonds. The third-order valence-corrected chi connectivity index (χ3v) is 4.81. The number of methoxy groups -OCH3 is 2. The zero-order valence-corrected chi connectivity index (χ0v) is 16.5. The summed E-state index contributed by atoms with van der Waals surface area (Å²) in [6.45, 7) is 2.15. The number of rotatable bonds is 8. The fourth-order valence-corrected chi connectivity index (χ4v) is 3.36. The minimum atomic E-state index is 0.736. The van der Waals surface area contributed by atoms with Crippen LogP contribution in [0.5, 0.6) is 11.5 Å². The molecule has 3 rings (SSSR count). The Labute approximate surface area is 163 Å². The zero-order valence-electron chi connectivity index (χ0n) is 15.7. The largest absolute Gasteiger partial charge is 0.497 e. The molecular weight excluding hydrogens is 358 g/mol. The second kappa shape index (κ2) is 9.19. The summed E-state index contributed by atoms with van der Waals surface area (Å²) < 4.78 is 10.8. The number of nitrogens with one attached hydrogen (secondary N) is 1. The minimum absolute atomic E-state index is 0.736. The minimum Gasteiger partial charge on any atom is -0.497 e. The van der Waals surface area contributed by atoms with Crippen LogP contribution >= 0.6 is 11.3 Å². The van der Waals surface area contributed by atoms with Crippen LogP contribution in [0.3, 0.4) is 0 Å². The van der Waals surface area contributed by atoms with Crippen molar-refractivity contribution in [3.8, 4) is 22.8 Å². The molecule has 140 valence electrons. The third-order valence-electron chi connectivity index (χ3n) is 4.07. The molecule has 2 aromatic carbocycles. The van der Waals surface area contributed by atoms with Gasteiger partial charge in [-0.25, -0.2) is 4.98 Å². The quantitative estimate of drug-likeness (QED) is 0.417. The maximum Gasteiger partial charge on any atom is 0.203 e. The summed E-state index contributed by atoms with van der Waals surface area (Å²) in [4.78, 5) is 4.66. The number of hydrogen-bond donors (Lipinski definition) is 1. The van der Waals surface area contributed by atoms with Gasteiger partial charge in [0.05, 0.1) is 25.6 Å². The summed E-state index contributed by atoms with van der Waals surface area (Å²) in [5, 5.41) is 7.31. The molecule has 1 N–H and O–H groups in total. The summed E-state index contributed by atoms with van der Waals surface area (Å²) in [7, 11) is 3.30. The number of benzene rings is 2. The molecule has 1 heterocycles. The van der Waals surface area contributed by atoms with E-state index >= 15 is 0 Å². The van der Waals surface area contributed by atoms with E-state index in [-0.39, 0.29) is 0 Å². The van der Waals surface area contributed by atoms with Gasteiger partial charge in [0.25, 0.3) is 0 Å². The van der Waals surface area contributed by atoms with Crippen LogP contribution in [0.4, 0.5) is 5.13 Å². The van der Waals surface area contributed by atoms with E-state index in [4.69, 9.17) is 9.47 Å². The van der Waals surface area contributed by atoms with E-state index in [0.29, 0.717) is 0 Å². The van der Waals surface area contributed by atoms with Crippen LogP contribution in [0.2, 0.25) is 0 Å². The van der Waals surface area contributed by atoms with Crippen LogP contribution in [-0.2, 0) is 0 Å². The Bertz CT molecular complexity index is 907. The van der Waals surface area contributed by atoms with Gasteiger partial charge >= 0.3 is 0 Å². The van der Waals surface area contributed by atoms with Gasteiger partial charge in [0, 0.05) is 10.9 Å². The van der Waals surface area contributed by atoms with Gasteiger partial charge in [0.2, 0.25) is 5.13 Å². The fraction of sp³-hybridized carbons (Fsp3) is 0.238. The van der Waals surface area contributed by atoms with Gasteiger partial charge < -0.3 is 9.47 Å². The van der Waals surface area contributed by atoms with Crippen molar-refractivity contribution in [3.05, 3.63) is 59.5 Å². The molecule has 0 aliphatic rings. The molecule has 5 nitrogen and oxygen atoms in total. The maximum absolute atomic E-state index is 5.46. The molecule has 0 radical (unpaired) electrons. The first kappa shape index (κ1) is 18.9. The van der Waals surface area contributed by atoms with Crippen molar-refractivity contribution in [2.75, 3.05) is 19.6 Å². The first-order valence-corrected chi connectivity index (χ1v) is 9.69. The average Bonchev–Trinajstić information content (AvgIpc) is 3.20. The molecule has 0 aliphatic carbocycles. The van der Waals surface area contributed by atoms with Crippen molar-refractivity contribution < 1.29 is 9.47 Å².